The molecule has 3 aliphatic rings. The van der Waals surface area contributed by atoms with Crippen molar-refractivity contribution in [1.29, 1.82) is 0 Å². The van der Waals surface area contributed by atoms with Crippen LogP contribution in [0.1, 0.15) is 27.5 Å². The lowest BCUT2D eigenvalue weighted by Crippen LogP contribution is -2.51. The topological polar surface area (TPSA) is 88.9 Å². The van der Waals surface area contributed by atoms with Gasteiger partial charge in [0.2, 0.25) is 0 Å². The van der Waals surface area contributed by atoms with Crippen molar-refractivity contribution < 1.29 is 18.4 Å². The van der Waals surface area contributed by atoms with Gasteiger partial charge in [-0.15, -0.1) is 5.10 Å². The predicted molar refractivity (Wildman–Crippen MR) is 100 cm³/mol. The average molecular weight is 407 g/mol. The molecule has 9 heteroatoms. The molecule has 2 aromatic carbocycles. The number of amides is 2. The molecule has 2 N–H and O–H groups in total. The molecule has 4 atom stereocenters. The van der Waals surface area contributed by atoms with Crippen LogP contribution in [0.3, 0.4) is 0 Å². The first-order chi connectivity index (χ1) is 14.5. The molecule has 2 aliphatic carbocycles. The summed E-state index contributed by atoms with van der Waals surface area (Å²) in [6.45, 7) is 0.459. The molecule has 3 aromatic rings. The molecule has 0 radical (unpaired) electrons. The van der Waals surface area contributed by atoms with Gasteiger partial charge in [-0.3, -0.25) is 9.59 Å². The number of hydrogen-bond acceptors (Lipinski definition) is 4. The van der Waals surface area contributed by atoms with Crippen LogP contribution in [-0.2, 0) is 11.3 Å². The summed E-state index contributed by atoms with van der Waals surface area (Å²) in [6.07, 6.45) is 1.52. The third kappa shape index (κ3) is 2.28. The standard InChI is InChI=1S/C21H15F2N5O2/c22-11-6-12-15-16-17(15)21(16,20(30)24-18(12)13(23)7-11)25-19(29)14-9-28(27-26-14)8-10-4-2-1-3-5-10/h1-7,9,15-17H,8H2,(H,24,30)(H,25,29)/t15-,16+,17?,21-/m0/s1. The van der Waals surface area contributed by atoms with E-state index in [0.29, 0.717) is 12.1 Å². The summed E-state index contributed by atoms with van der Waals surface area (Å²) in [5.74, 6) is -2.96. The van der Waals surface area contributed by atoms with Crippen LogP contribution in [0.15, 0.2) is 48.7 Å². The van der Waals surface area contributed by atoms with E-state index in [1.165, 1.54) is 12.3 Å². The quantitative estimate of drug-likeness (QED) is 0.693. The number of anilines is 1. The van der Waals surface area contributed by atoms with E-state index in [2.05, 4.69) is 20.9 Å². The maximum atomic E-state index is 14.2. The minimum Gasteiger partial charge on any atom is -0.336 e. The second-order valence-corrected chi connectivity index (χ2v) is 7.99. The predicted octanol–water partition coefficient (Wildman–Crippen LogP) is 2.07. The summed E-state index contributed by atoms with van der Waals surface area (Å²) in [7, 11) is 0. The average Bonchev–Trinajstić information content (AvgIpc) is 3.57. The molecular weight excluding hydrogens is 392 g/mol. The highest BCUT2D eigenvalue weighted by atomic mass is 19.1. The Balaban J connectivity index is 1.21. The first-order valence-electron chi connectivity index (χ1n) is 9.56. The summed E-state index contributed by atoms with van der Waals surface area (Å²) in [5.41, 5.74) is 0.449. The van der Waals surface area contributed by atoms with E-state index in [4.69, 9.17) is 0 Å². The number of nitrogens with one attached hydrogen (secondary N) is 2. The molecule has 1 aliphatic heterocycles. The van der Waals surface area contributed by atoms with Crippen LogP contribution in [-0.4, -0.2) is 32.3 Å². The van der Waals surface area contributed by atoms with E-state index in [0.717, 1.165) is 11.6 Å². The van der Waals surface area contributed by atoms with Gasteiger partial charge in [-0.2, -0.15) is 0 Å². The summed E-state index contributed by atoms with van der Waals surface area (Å²) in [4.78, 5) is 25.5. The second kappa shape index (κ2) is 5.71. The first-order valence-corrected chi connectivity index (χ1v) is 9.56. The zero-order chi connectivity index (χ0) is 20.6. The lowest BCUT2D eigenvalue weighted by atomic mass is 9.92. The van der Waals surface area contributed by atoms with Crippen LogP contribution in [0.2, 0.25) is 0 Å². The van der Waals surface area contributed by atoms with Gasteiger partial charge in [-0.05, 0) is 23.1 Å². The normalized spacial score (nSPS) is 27.4. The van der Waals surface area contributed by atoms with Crippen molar-refractivity contribution in [1.82, 2.24) is 20.3 Å². The SMILES string of the molecule is O=C(N[C@]12C(=O)Nc3c(F)cc(F)cc3[C@@H]3C1[C@@H]32)c1cn(Cc2ccccc2)nn1. The Kier molecular flexibility index (Phi) is 3.29. The van der Waals surface area contributed by atoms with E-state index in [9.17, 15) is 18.4 Å². The van der Waals surface area contributed by atoms with Crippen LogP contribution in [0, 0.1) is 23.5 Å². The molecule has 2 saturated carbocycles. The summed E-state index contributed by atoms with van der Waals surface area (Å²) in [5, 5.41) is 13.2. The third-order valence-corrected chi connectivity index (χ3v) is 6.30. The molecule has 0 saturated heterocycles. The Morgan fingerprint density at radius 2 is 1.97 bits per heavy atom. The molecule has 6 rings (SSSR count). The number of benzene rings is 2. The van der Waals surface area contributed by atoms with Gasteiger partial charge >= 0.3 is 0 Å². The molecule has 1 aromatic heterocycles. The highest BCUT2D eigenvalue weighted by Crippen LogP contribution is 2.81. The van der Waals surface area contributed by atoms with Crippen molar-refractivity contribution in [3.05, 3.63) is 77.1 Å². The van der Waals surface area contributed by atoms with E-state index >= 15 is 0 Å². The molecular formula is C21H15F2N5O2. The zero-order valence-electron chi connectivity index (χ0n) is 15.5. The number of aromatic nitrogens is 3. The van der Waals surface area contributed by atoms with Gasteiger partial charge < -0.3 is 10.6 Å². The molecule has 2 fully saturated rings. The van der Waals surface area contributed by atoms with Gasteiger partial charge in [0, 0.05) is 17.9 Å². The highest BCUT2D eigenvalue weighted by molar-refractivity contribution is 6.10. The number of carbonyl (C=O) groups excluding carboxylic acids is 2. The molecule has 1 unspecified atom stereocenters. The van der Waals surface area contributed by atoms with Gasteiger partial charge in [0.15, 0.2) is 5.69 Å². The number of rotatable bonds is 4. The number of hydrogen-bond donors (Lipinski definition) is 2. The fourth-order valence-electron chi connectivity index (χ4n) is 4.82. The van der Waals surface area contributed by atoms with Crippen molar-refractivity contribution >= 4 is 17.5 Å². The Bertz CT molecular complexity index is 1220. The van der Waals surface area contributed by atoms with Crippen LogP contribution in [0.4, 0.5) is 14.5 Å². The van der Waals surface area contributed by atoms with Crippen molar-refractivity contribution in [2.45, 2.75) is 18.0 Å². The van der Waals surface area contributed by atoms with Gasteiger partial charge in [0.05, 0.1) is 18.4 Å². The fraction of sp³-hybridized carbons (Fsp3) is 0.238. The van der Waals surface area contributed by atoms with Crippen LogP contribution in [0.5, 0.6) is 0 Å². The monoisotopic (exact) mass is 407 g/mol. The molecule has 150 valence electrons. The zero-order valence-corrected chi connectivity index (χ0v) is 15.5. The summed E-state index contributed by atoms with van der Waals surface area (Å²) >= 11 is 0. The van der Waals surface area contributed by atoms with Crippen LogP contribution >= 0.6 is 0 Å². The fourth-order valence-corrected chi connectivity index (χ4v) is 4.82. The molecule has 7 nitrogen and oxygen atoms in total. The Hall–Kier alpha value is -3.62. The molecule has 0 spiro atoms. The van der Waals surface area contributed by atoms with Gasteiger partial charge in [-0.25, -0.2) is 13.5 Å². The Morgan fingerprint density at radius 3 is 2.73 bits per heavy atom. The van der Waals surface area contributed by atoms with E-state index < -0.39 is 29.0 Å². The van der Waals surface area contributed by atoms with E-state index in [1.807, 2.05) is 30.3 Å². The van der Waals surface area contributed by atoms with Crippen molar-refractivity contribution in [3.63, 3.8) is 0 Å². The molecule has 2 amide bonds. The third-order valence-electron chi connectivity index (χ3n) is 6.30. The van der Waals surface area contributed by atoms with Crippen molar-refractivity contribution in [2.24, 2.45) is 11.8 Å². The highest BCUT2D eigenvalue weighted by Gasteiger charge is 2.89. The minimum absolute atomic E-state index is 0.00123. The van der Waals surface area contributed by atoms with Crippen LogP contribution in [0.25, 0.3) is 0 Å². The number of carbonyl (C=O) groups is 2. The number of halogens is 2. The Labute approximate surface area is 169 Å². The number of nitrogens with zero attached hydrogens (tertiary/aromatic N) is 3. The lowest BCUT2D eigenvalue weighted by Gasteiger charge is -2.22. The molecule has 30 heavy (non-hydrogen) atoms. The maximum Gasteiger partial charge on any atom is 0.274 e. The molecule has 0 bridgehead atoms. The summed E-state index contributed by atoms with van der Waals surface area (Å²) < 4.78 is 29.3. The van der Waals surface area contributed by atoms with Gasteiger partial charge in [0.25, 0.3) is 11.8 Å². The Morgan fingerprint density at radius 1 is 1.20 bits per heavy atom. The van der Waals surface area contributed by atoms with E-state index in [1.54, 1.807) is 4.68 Å². The lowest BCUT2D eigenvalue weighted by molar-refractivity contribution is -0.120. The minimum atomic E-state index is -1.10. The van der Waals surface area contributed by atoms with Crippen molar-refractivity contribution in [2.75, 3.05) is 5.32 Å². The number of fused-ring (bicyclic) bond motifs is 4. The van der Waals surface area contributed by atoms with Crippen LogP contribution < -0.4 is 10.6 Å². The van der Waals surface area contributed by atoms with Gasteiger partial charge in [-0.1, -0.05) is 35.5 Å². The summed E-state index contributed by atoms with van der Waals surface area (Å²) in [6, 6.07) is 11.6. The maximum absolute atomic E-state index is 14.2. The van der Waals surface area contributed by atoms with Crippen molar-refractivity contribution in [3.8, 4) is 0 Å². The van der Waals surface area contributed by atoms with E-state index in [-0.39, 0.29) is 29.1 Å². The van der Waals surface area contributed by atoms with Gasteiger partial charge in [0.1, 0.15) is 17.2 Å². The smallest absolute Gasteiger partial charge is 0.274 e. The molecule has 2 heterocycles. The first kappa shape index (κ1) is 17.3. The largest absolute Gasteiger partial charge is 0.336 e. The second-order valence-electron chi connectivity index (χ2n) is 7.99.